The summed E-state index contributed by atoms with van der Waals surface area (Å²) >= 11 is 0. The highest BCUT2D eigenvalue weighted by Gasteiger charge is 2.43. The van der Waals surface area contributed by atoms with E-state index in [1.807, 2.05) is 56.3 Å². The Hall–Kier alpha value is -3.39. The van der Waals surface area contributed by atoms with Gasteiger partial charge in [-0.05, 0) is 81.3 Å². The predicted octanol–water partition coefficient (Wildman–Crippen LogP) is 4.44. The van der Waals surface area contributed by atoms with Gasteiger partial charge < -0.3 is 20.5 Å². The van der Waals surface area contributed by atoms with E-state index in [0.717, 1.165) is 28.4 Å². The van der Waals surface area contributed by atoms with Crippen LogP contribution in [0.5, 0.6) is 5.75 Å². The fourth-order valence-electron chi connectivity index (χ4n) is 4.79. The number of nitrogens with zero attached hydrogens (tertiary/aromatic N) is 2. The molecule has 3 aromatic rings. The van der Waals surface area contributed by atoms with E-state index in [-0.39, 0.29) is 11.8 Å². The van der Waals surface area contributed by atoms with Gasteiger partial charge in [0, 0.05) is 30.1 Å². The lowest BCUT2D eigenvalue weighted by atomic mass is 9.94. The molecule has 8 heteroatoms. The maximum absolute atomic E-state index is 12.9. The second-order valence-corrected chi connectivity index (χ2v) is 9.79. The van der Waals surface area contributed by atoms with E-state index < -0.39 is 5.60 Å². The summed E-state index contributed by atoms with van der Waals surface area (Å²) in [5.74, 6) is 2.49. The highest BCUT2D eigenvalue weighted by atomic mass is 16.5. The molecule has 35 heavy (non-hydrogen) atoms. The minimum absolute atomic E-state index is 0.0371. The smallest absolute Gasteiger partial charge is 0.223 e. The van der Waals surface area contributed by atoms with Gasteiger partial charge in [0.2, 0.25) is 5.91 Å². The topological polar surface area (TPSA) is 112 Å². The van der Waals surface area contributed by atoms with Crippen LogP contribution in [-0.2, 0) is 16.9 Å². The van der Waals surface area contributed by atoms with Gasteiger partial charge in [-0.15, -0.1) is 0 Å². The van der Waals surface area contributed by atoms with Gasteiger partial charge in [-0.25, -0.2) is 4.98 Å². The number of rotatable bonds is 9. The van der Waals surface area contributed by atoms with E-state index in [4.69, 9.17) is 9.72 Å². The summed E-state index contributed by atoms with van der Waals surface area (Å²) in [6.07, 6.45) is 3.88. The number of carbonyl (C=O) groups is 1. The summed E-state index contributed by atoms with van der Waals surface area (Å²) in [5.41, 5.74) is 2.62. The van der Waals surface area contributed by atoms with Crippen LogP contribution in [0, 0.1) is 12.8 Å². The molecule has 0 unspecified atom stereocenters. The molecule has 0 saturated heterocycles. The Balaban J connectivity index is 1.21. The number of hydrogen-bond donors (Lipinski definition) is 4. The Morgan fingerprint density at radius 2 is 1.97 bits per heavy atom. The number of amides is 1. The molecular formula is C27H33N5O3. The molecular weight excluding hydrogens is 442 g/mol. The lowest BCUT2D eigenvalue weighted by molar-refractivity contribution is -0.125. The van der Waals surface area contributed by atoms with E-state index in [1.165, 1.54) is 12.8 Å². The fourth-order valence-corrected chi connectivity index (χ4v) is 4.79. The van der Waals surface area contributed by atoms with Gasteiger partial charge in [-0.1, -0.05) is 12.1 Å². The number of H-pyrrole nitrogens is 1. The van der Waals surface area contributed by atoms with Crippen LogP contribution in [0.15, 0.2) is 42.5 Å². The van der Waals surface area contributed by atoms with Gasteiger partial charge in [0.1, 0.15) is 17.2 Å². The van der Waals surface area contributed by atoms with Crippen molar-refractivity contribution >= 4 is 17.5 Å². The summed E-state index contributed by atoms with van der Waals surface area (Å²) in [6.45, 7) is 5.00. The normalized spacial score (nSPS) is 21.6. The first kappa shape index (κ1) is 23.4. The quantitative estimate of drug-likeness (QED) is 0.364. The molecule has 2 heterocycles. The lowest BCUT2D eigenvalue weighted by Crippen LogP contribution is -2.31. The average Bonchev–Trinajstić information content (AvgIpc) is 3.46. The highest BCUT2D eigenvalue weighted by Crippen LogP contribution is 2.42. The lowest BCUT2D eigenvalue weighted by Gasteiger charge is -2.23. The van der Waals surface area contributed by atoms with E-state index in [0.29, 0.717) is 49.8 Å². The number of aryl methyl sites for hydroxylation is 1. The third-order valence-electron chi connectivity index (χ3n) is 6.88. The predicted molar refractivity (Wildman–Crippen MR) is 134 cm³/mol. The number of anilines is 2. The Morgan fingerprint density at radius 1 is 1.17 bits per heavy atom. The number of aromatic nitrogens is 3. The Labute approximate surface area is 205 Å². The summed E-state index contributed by atoms with van der Waals surface area (Å²) in [5, 5.41) is 25.2. The third kappa shape index (κ3) is 5.48. The van der Waals surface area contributed by atoms with Gasteiger partial charge in [0.05, 0.1) is 12.3 Å². The number of pyridine rings is 1. The van der Waals surface area contributed by atoms with Crippen LogP contribution in [-0.4, -0.2) is 32.8 Å². The van der Waals surface area contributed by atoms with Crippen LogP contribution in [0.25, 0.3) is 0 Å². The van der Waals surface area contributed by atoms with Crippen molar-refractivity contribution in [1.82, 2.24) is 20.5 Å². The van der Waals surface area contributed by atoms with E-state index >= 15 is 0 Å². The summed E-state index contributed by atoms with van der Waals surface area (Å²) < 4.78 is 5.46. The summed E-state index contributed by atoms with van der Waals surface area (Å²) in [4.78, 5) is 17.6. The van der Waals surface area contributed by atoms with Gasteiger partial charge in [0.15, 0.2) is 5.82 Å². The maximum atomic E-state index is 12.9. The zero-order valence-electron chi connectivity index (χ0n) is 20.3. The SMILES string of the molecule is CCOc1ccc(CNC(=O)[C@H]2CC[C@](O)(c3cc(C)cc(Nc4cc(C5CC5)[nH]n4)n3)C2)cc1. The van der Waals surface area contributed by atoms with Crippen LogP contribution in [0.4, 0.5) is 11.6 Å². The van der Waals surface area contributed by atoms with Crippen molar-refractivity contribution in [3.8, 4) is 5.75 Å². The highest BCUT2D eigenvalue weighted by molar-refractivity contribution is 5.79. The van der Waals surface area contributed by atoms with Crippen molar-refractivity contribution in [2.45, 2.75) is 64.0 Å². The van der Waals surface area contributed by atoms with Crippen LogP contribution in [0.3, 0.4) is 0 Å². The zero-order valence-corrected chi connectivity index (χ0v) is 20.3. The average molecular weight is 476 g/mol. The molecule has 1 amide bonds. The Kier molecular flexibility index (Phi) is 6.47. The number of hydrogen-bond acceptors (Lipinski definition) is 6. The molecule has 5 rings (SSSR count). The monoisotopic (exact) mass is 475 g/mol. The molecule has 0 radical (unpaired) electrons. The van der Waals surface area contributed by atoms with Crippen molar-refractivity contribution in [3.63, 3.8) is 0 Å². The van der Waals surface area contributed by atoms with Crippen LogP contribution >= 0.6 is 0 Å². The number of benzene rings is 1. The molecule has 2 atom stereocenters. The molecule has 2 aliphatic carbocycles. The van der Waals surface area contributed by atoms with Crippen molar-refractivity contribution in [2.24, 2.45) is 5.92 Å². The second-order valence-electron chi connectivity index (χ2n) is 9.79. The zero-order chi connectivity index (χ0) is 24.4. The van der Waals surface area contributed by atoms with Gasteiger partial charge in [-0.3, -0.25) is 9.89 Å². The first-order valence-electron chi connectivity index (χ1n) is 12.5. The molecule has 0 aliphatic heterocycles. The number of aliphatic hydroxyl groups is 1. The molecule has 184 valence electrons. The van der Waals surface area contributed by atoms with Gasteiger partial charge in [0.25, 0.3) is 0 Å². The van der Waals surface area contributed by atoms with E-state index in [2.05, 4.69) is 20.8 Å². The molecule has 2 fully saturated rings. The molecule has 1 aromatic carbocycles. The maximum Gasteiger partial charge on any atom is 0.223 e. The fraction of sp³-hybridized carbons (Fsp3) is 0.444. The minimum Gasteiger partial charge on any atom is -0.494 e. The van der Waals surface area contributed by atoms with Gasteiger partial charge in [-0.2, -0.15) is 5.10 Å². The molecule has 2 aromatic heterocycles. The standard InChI is InChI=1S/C27H33N5O3/c1-3-35-21-8-4-18(5-9-21)16-28-26(33)20-10-11-27(34,15-20)23-12-17(2)13-24(29-23)30-25-14-22(31-32-25)19-6-7-19/h4-5,8-9,12-14,19-20,34H,3,6-7,10-11,15-16H2,1-2H3,(H,28,33)(H2,29,30,31,32)/t20-,27+/m0/s1. The summed E-state index contributed by atoms with van der Waals surface area (Å²) in [7, 11) is 0. The molecule has 4 N–H and O–H groups in total. The van der Waals surface area contributed by atoms with Gasteiger partial charge >= 0.3 is 0 Å². The van der Waals surface area contributed by atoms with Crippen molar-refractivity contribution < 1.29 is 14.6 Å². The molecule has 2 aliphatic rings. The van der Waals surface area contributed by atoms with Crippen molar-refractivity contribution in [2.75, 3.05) is 11.9 Å². The number of nitrogens with one attached hydrogen (secondary N) is 3. The van der Waals surface area contributed by atoms with Crippen LogP contribution in [0.2, 0.25) is 0 Å². The summed E-state index contributed by atoms with van der Waals surface area (Å²) in [6, 6.07) is 13.6. The first-order chi connectivity index (χ1) is 16.9. The van der Waals surface area contributed by atoms with Crippen LogP contribution in [0.1, 0.15) is 67.5 Å². The second kappa shape index (κ2) is 9.70. The molecule has 0 bridgehead atoms. The number of ether oxygens (including phenoxy) is 1. The number of aromatic amines is 1. The molecule has 0 spiro atoms. The largest absolute Gasteiger partial charge is 0.494 e. The molecule has 8 nitrogen and oxygen atoms in total. The van der Waals surface area contributed by atoms with E-state index in [9.17, 15) is 9.90 Å². The number of carbonyl (C=O) groups excluding carboxylic acids is 1. The van der Waals surface area contributed by atoms with Crippen molar-refractivity contribution in [3.05, 3.63) is 65.0 Å². The van der Waals surface area contributed by atoms with Crippen LogP contribution < -0.4 is 15.4 Å². The third-order valence-corrected chi connectivity index (χ3v) is 6.88. The Morgan fingerprint density at radius 3 is 2.71 bits per heavy atom. The van der Waals surface area contributed by atoms with Crippen molar-refractivity contribution in [1.29, 1.82) is 0 Å². The Bertz CT molecular complexity index is 1190. The van der Waals surface area contributed by atoms with E-state index in [1.54, 1.807) is 0 Å². The first-order valence-corrected chi connectivity index (χ1v) is 12.5. The minimum atomic E-state index is -1.13. The molecule has 2 saturated carbocycles.